The van der Waals surface area contributed by atoms with E-state index in [-0.39, 0.29) is 34.1 Å². The van der Waals surface area contributed by atoms with Crippen LogP contribution in [0, 0.1) is 30.6 Å². The number of H-pyrrole nitrogens is 4. The molecule has 62 heavy (non-hydrogen) atoms. The van der Waals surface area contributed by atoms with Crippen LogP contribution < -0.4 is 10.2 Å². The molecule has 0 bridgehead atoms. The summed E-state index contributed by atoms with van der Waals surface area (Å²) in [4.78, 5) is 45.2. The molecule has 0 saturated carbocycles. The van der Waals surface area contributed by atoms with E-state index in [1.54, 1.807) is 24.8 Å². The number of nitrogens with one attached hydrogen (secondary N) is 4. The van der Waals surface area contributed by atoms with E-state index in [9.17, 15) is 0 Å². The average Bonchev–Trinajstić information content (AvgIpc) is 4.17. The zero-order chi connectivity index (χ0) is 45.2. The van der Waals surface area contributed by atoms with Crippen LogP contribution in [0.3, 0.4) is 0 Å². The van der Waals surface area contributed by atoms with Crippen LogP contribution >= 0.6 is 0 Å². The van der Waals surface area contributed by atoms with Crippen LogP contribution in [0.5, 0.6) is 0 Å². The maximum absolute atomic E-state index is 8.25. The first-order chi connectivity index (χ1) is 29.3. The second-order valence-corrected chi connectivity index (χ2v) is 9.66. The summed E-state index contributed by atoms with van der Waals surface area (Å²) in [7, 11) is 3.50. The Balaban J connectivity index is -0.000000322. The van der Waals surface area contributed by atoms with Gasteiger partial charge in [-0.1, -0.05) is 121 Å². The number of hydrogen-bond donors (Lipinski definition) is 6. The topological polar surface area (TPSA) is 334 Å². The van der Waals surface area contributed by atoms with Gasteiger partial charge < -0.3 is 71.0 Å². The van der Waals surface area contributed by atoms with E-state index in [0.29, 0.717) is 0 Å². The third-order valence-corrected chi connectivity index (χ3v) is 6.18. The van der Waals surface area contributed by atoms with Gasteiger partial charge in [0.1, 0.15) is 23.3 Å². The molecule has 2 radical (unpaired) electrons. The van der Waals surface area contributed by atoms with Crippen LogP contribution in [0.4, 0.5) is 0 Å². The molecule has 4 aromatic heterocycles. The first kappa shape index (κ1) is 61.7. The SMILES string of the molecule is CO.CO.C[O-].C[O-].O=[N+]([O-])[O-].O=[N+]([O-])[O-].[Cu+2].[Cu+2].c1ccc(-c2ncc[nH]2)cc1.c1ccc(-c2ncc[nH]2)cc1.c1ccc(-c2ncc[nH]2)cc1.c1ccc(-c2ncc[nH]2)cc1. The van der Waals surface area contributed by atoms with E-state index in [0.717, 1.165) is 74.0 Å². The van der Waals surface area contributed by atoms with Gasteiger partial charge >= 0.3 is 34.1 Å². The maximum atomic E-state index is 8.25. The molecule has 0 aliphatic carbocycles. The first-order valence-electron chi connectivity index (χ1n) is 16.9. The zero-order valence-corrected chi connectivity index (χ0v) is 35.5. The zero-order valence-electron chi connectivity index (χ0n) is 33.6. The Bertz CT molecular complexity index is 1760. The van der Waals surface area contributed by atoms with Crippen molar-refractivity contribution in [1.29, 1.82) is 0 Å². The van der Waals surface area contributed by atoms with Crippen LogP contribution in [-0.4, -0.2) is 88.7 Å². The van der Waals surface area contributed by atoms with Gasteiger partial charge in [0.2, 0.25) is 0 Å². The number of aromatic nitrogens is 8. The van der Waals surface area contributed by atoms with Crippen molar-refractivity contribution in [3.8, 4) is 45.6 Å². The van der Waals surface area contributed by atoms with Gasteiger partial charge in [0.15, 0.2) is 0 Å². The molecule has 20 nitrogen and oxygen atoms in total. The summed E-state index contributed by atoms with van der Waals surface area (Å²) >= 11 is 0. The van der Waals surface area contributed by atoms with Crippen molar-refractivity contribution in [1.82, 2.24) is 39.9 Å². The molecule has 22 heteroatoms. The number of aliphatic hydroxyl groups is 2. The molecule has 0 aliphatic heterocycles. The molecular formula is C40H46Cu2N10O10. The van der Waals surface area contributed by atoms with Crippen molar-refractivity contribution < 1.29 is 64.7 Å². The van der Waals surface area contributed by atoms with Crippen molar-refractivity contribution in [2.45, 2.75) is 0 Å². The summed E-state index contributed by atoms with van der Waals surface area (Å²) < 4.78 is 0. The summed E-state index contributed by atoms with van der Waals surface area (Å²) in [6.45, 7) is 0. The molecule has 4 aromatic carbocycles. The van der Waals surface area contributed by atoms with Gasteiger partial charge in [0.25, 0.3) is 0 Å². The Hall–Kier alpha value is -7.00. The molecule has 0 saturated heterocycles. The fourth-order valence-corrected chi connectivity index (χ4v) is 4.08. The summed E-state index contributed by atoms with van der Waals surface area (Å²) in [5.41, 5.74) is 4.49. The molecule has 8 rings (SSSR count). The molecule has 4 heterocycles. The largest absolute Gasteiger partial charge is 2.00 e. The fraction of sp³-hybridized carbons (Fsp3) is 0.100. The first-order valence-corrected chi connectivity index (χ1v) is 16.9. The van der Waals surface area contributed by atoms with E-state index in [4.69, 9.17) is 51.1 Å². The number of hydrogen-bond acceptors (Lipinski definition) is 14. The Morgan fingerprint density at radius 1 is 0.371 bits per heavy atom. The van der Waals surface area contributed by atoms with Crippen molar-refractivity contribution in [3.63, 3.8) is 0 Å². The molecule has 0 amide bonds. The van der Waals surface area contributed by atoms with Gasteiger partial charge in [-0.2, -0.15) is 14.2 Å². The Morgan fingerprint density at radius 2 is 0.516 bits per heavy atom. The summed E-state index contributed by atoms with van der Waals surface area (Å²) in [5.74, 6) is 3.69. The standard InChI is InChI=1S/4C9H8N2.2CH4O.2CH3O.2Cu.2NO3/c4*1-2-4-8(5-3-1)9-10-6-7-11-9;4*1-2;;;2*2-1(3)4/h4*1-7H,(H,10,11);2*2H,1H3;2*1H3;;;;/q;;;;;;2*-1;2*+2;2*-1. The summed E-state index contributed by atoms with van der Waals surface area (Å²) in [6.07, 6.45) is 14.3. The molecule has 0 aliphatic rings. The third-order valence-electron chi connectivity index (χ3n) is 6.18. The van der Waals surface area contributed by atoms with Gasteiger partial charge in [0.05, 0.1) is 10.2 Å². The van der Waals surface area contributed by atoms with E-state index in [1.807, 2.05) is 146 Å². The molecule has 0 spiro atoms. The Labute approximate surface area is 378 Å². The van der Waals surface area contributed by atoms with Crippen LogP contribution in [0.25, 0.3) is 45.6 Å². The molecule has 8 aromatic rings. The van der Waals surface area contributed by atoms with Gasteiger partial charge in [0, 0.05) is 86.0 Å². The Kier molecular flexibility index (Phi) is 43.3. The number of rotatable bonds is 4. The van der Waals surface area contributed by atoms with E-state index in [2.05, 4.69) is 39.9 Å². The molecule has 6 N–H and O–H groups in total. The summed E-state index contributed by atoms with van der Waals surface area (Å²) in [6, 6.07) is 40.2. The second-order valence-electron chi connectivity index (χ2n) is 9.66. The van der Waals surface area contributed by atoms with Gasteiger partial charge in [-0.05, 0) is 0 Å². The molecular weight excluding hydrogens is 908 g/mol. The second kappa shape index (κ2) is 43.6. The molecule has 338 valence electrons. The normalized spacial score (nSPS) is 8.13. The predicted molar refractivity (Wildman–Crippen MR) is 225 cm³/mol. The van der Waals surface area contributed by atoms with Crippen LogP contribution in [-0.2, 0) is 34.1 Å². The monoisotopic (exact) mass is 952 g/mol. The van der Waals surface area contributed by atoms with Gasteiger partial charge in [-0.25, -0.2) is 19.9 Å². The van der Waals surface area contributed by atoms with Gasteiger partial charge in [-0.15, -0.1) is 0 Å². The van der Waals surface area contributed by atoms with Crippen molar-refractivity contribution >= 4 is 0 Å². The predicted octanol–water partition coefficient (Wildman–Crippen LogP) is 4.99. The number of aromatic amines is 4. The van der Waals surface area contributed by atoms with Crippen LogP contribution in [0.15, 0.2) is 171 Å². The number of benzene rings is 4. The summed E-state index contributed by atoms with van der Waals surface area (Å²) in [5, 5.41) is 60.0. The van der Waals surface area contributed by atoms with Crippen LogP contribution in [0.1, 0.15) is 0 Å². The van der Waals surface area contributed by atoms with E-state index in [1.165, 1.54) is 0 Å². The van der Waals surface area contributed by atoms with Crippen molar-refractivity contribution in [2.24, 2.45) is 0 Å². The minimum atomic E-state index is -1.75. The van der Waals surface area contributed by atoms with Crippen molar-refractivity contribution in [2.75, 3.05) is 28.4 Å². The molecule has 0 unspecified atom stereocenters. The van der Waals surface area contributed by atoms with E-state index < -0.39 is 10.2 Å². The fourth-order valence-electron chi connectivity index (χ4n) is 4.08. The number of imidazole rings is 4. The number of nitrogens with zero attached hydrogens (tertiary/aromatic N) is 6. The molecule has 0 atom stereocenters. The quantitative estimate of drug-likeness (QED) is 0.0769. The Morgan fingerprint density at radius 3 is 0.629 bits per heavy atom. The minimum absolute atomic E-state index is 0. The smallest absolute Gasteiger partial charge is 0.857 e. The maximum Gasteiger partial charge on any atom is 2.00 e. The third kappa shape index (κ3) is 30.1. The van der Waals surface area contributed by atoms with Crippen molar-refractivity contribution in [3.05, 3.63) is 202 Å². The van der Waals surface area contributed by atoms with E-state index >= 15 is 0 Å². The average molecular weight is 954 g/mol. The molecule has 0 fully saturated rings. The van der Waals surface area contributed by atoms with Crippen LogP contribution in [0.2, 0.25) is 0 Å². The minimum Gasteiger partial charge on any atom is -0.857 e. The number of aliphatic hydroxyl groups excluding tert-OH is 2. The van der Waals surface area contributed by atoms with Gasteiger partial charge in [-0.3, -0.25) is 0 Å².